The Morgan fingerprint density at radius 1 is 1.60 bits per heavy atom. The topological polar surface area (TPSA) is 57.5 Å². The van der Waals surface area contributed by atoms with Gasteiger partial charge in [-0.2, -0.15) is 0 Å². The average molecular weight is 214 g/mol. The molecule has 15 heavy (non-hydrogen) atoms. The molecular weight excluding hydrogens is 192 g/mol. The van der Waals surface area contributed by atoms with Crippen LogP contribution in [0, 0.1) is 11.8 Å². The van der Waals surface area contributed by atoms with Gasteiger partial charge in [0.1, 0.15) is 0 Å². The Bertz CT molecular complexity index is 227. The number of hydrogen-bond donors (Lipinski definition) is 2. The van der Waals surface area contributed by atoms with E-state index >= 15 is 0 Å². The fourth-order valence-electron chi connectivity index (χ4n) is 2.79. The molecule has 0 saturated heterocycles. The van der Waals surface area contributed by atoms with Gasteiger partial charge in [-0.3, -0.25) is 4.79 Å². The average Bonchev–Trinajstić information content (AvgIpc) is 2.13. The lowest BCUT2D eigenvalue weighted by atomic mass is 9.70. The van der Waals surface area contributed by atoms with Gasteiger partial charge in [0.05, 0.1) is 11.5 Å². The van der Waals surface area contributed by atoms with Crippen molar-refractivity contribution in [1.29, 1.82) is 0 Å². The van der Waals surface area contributed by atoms with E-state index in [1.807, 2.05) is 6.92 Å². The third kappa shape index (κ3) is 2.94. The lowest BCUT2D eigenvalue weighted by Crippen LogP contribution is -2.45. The summed E-state index contributed by atoms with van der Waals surface area (Å²) in [5.74, 6) is -0.971. The molecule has 0 aromatic rings. The second-order valence-electron chi connectivity index (χ2n) is 4.98. The van der Waals surface area contributed by atoms with E-state index in [1.165, 1.54) is 0 Å². The van der Waals surface area contributed by atoms with E-state index in [1.54, 1.807) is 0 Å². The minimum absolute atomic E-state index is 0.447. The number of rotatable bonds is 4. The normalized spacial score (nSPS) is 33.7. The highest BCUT2D eigenvalue weighted by Gasteiger charge is 2.43. The molecule has 0 heterocycles. The van der Waals surface area contributed by atoms with Gasteiger partial charge in [0.2, 0.25) is 0 Å². The Hall–Kier alpha value is -0.570. The molecule has 88 valence electrons. The quantitative estimate of drug-likeness (QED) is 0.755. The molecule has 1 rings (SSSR count). The number of aliphatic hydroxyl groups is 1. The van der Waals surface area contributed by atoms with E-state index in [9.17, 15) is 9.90 Å². The SMILES string of the molecule is CCCC(C(=O)O)C1(O)CCCC(C)C1. The molecule has 1 aliphatic rings. The van der Waals surface area contributed by atoms with Crippen LogP contribution in [-0.2, 0) is 4.79 Å². The Balaban J connectivity index is 2.74. The van der Waals surface area contributed by atoms with E-state index in [0.717, 1.165) is 19.3 Å². The summed E-state index contributed by atoms with van der Waals surface area (Å²) in [4.78, 5) is 11.1. The first kappa shape index (κ1) is 12.5. The Morgan fingerprint density at radius 3 is 2.73 bits per heavy atom. The van der Waals surface area contributed by atoms with Crippen LogP contribution in [0.3, 0.4) is 0 Å². The van der Waals surface area contributed by atoms with Crippen molar-refractivity contribution in [2.45, 2.75) is 58.0 Å². The van der Waals surface area contributed by atoms with Crippen molar-refractivity contribution in [1.82, 2.24) is 0 Å². The van der Waals surface area contributed by atoms with Crippen LogP contribution in [0.15, 0.2) is 0 Å². The van der Waals surface area contributed by atoms with E-state index in [0.29, 0.717) is 25.2 Å². The van der Waals surface area contributed by atoms with Crippen molar-refractivity contribution in [2.75, 3.05) is 0 Å². The van der Waals surface area contributed by atoms with Crippen LogP contribution in [0.1, 0.15) is 52.4 Å². The van der Waals surface area contributed by atoms with E-state index in [4.69, 9.17) is 5.11 Å². The number of carboxylic acid groups (broad SMARTS) is 1. The van der Waals surface area contributed by atoms with Crippen LogP contribution in [0.4, 0.5) is 0 Å². The summed E-state index contributed by atoms with van der Waals surface area (Å²) in [6.07, 6.45) is 4.75. The summed E-state index contributed by atoms with van der Waals surface area (Å²) in [5.41, 5.74) is -0.959. The van der Waals surface area contributed by atoms with Crippen molar-refractivity contribution >= 4 is 5.97 Å². The van der Waals surface area contributed by atoms with Crippen molar-refractivity contribution in [3.05, 3.63) is 0 Å². The maximum Gasteiger partial charge on any atom is 0.309 e. The molecular formula is C12H22O3. The van der Waals surface area contributed by atoms with Crippen LogP contribution in [0.5, 0.6) is 0 Å². The van der Waals surface area contributed by atoms with Gasteiger partial charge in [-0.15, -0.1) is 0 Å². The van der Waals surface area contributed by atoms with Crippen LogP contribution in [0.25, 0.3) is 0 Å². The lowest BCUT2D eigenvalue weighted by Gasteiger charge is -2.39. The first-order valence-electron chi connectivity index (χ1n) is 5.94. The Labute approximate surface area is 91.5 Å². The van der Waals surface area contributed by atoms with Gasteiger partial charge in [0, 0.05) is 0 Å². The van der Waals surface area contributed by atoms with Crippen LogP contribution >= 0.6 is 0 Å². The Kier molecular flexibility index (Phi) is 4.14. The molecule has 0 bridgehead atoms. The summed E-state index contributed by atoms with van der Waals surface area (Å²) in [5, 5.41) is 19.6. The number of hydrogen-bond acceptors (Lipinski definition) is 2. The van der Waals surface area contributed by atoms with Gasteiger partial charge in [-0.05, 0) is 25.2 Å². The zero-order valence-corrected chi connectivity index (χ0v) is 9.70. The second kappa shape index (κ2) is 4.97. The molecule has 1 fully saturated rings. The number of aliphatic carboxylic acids is 1. The molecule has 3 heteroatoms. The van der Waals surface area contributed by atoms with Crippen molar-refractivity contribution in [3.8, 4) is 0 Å². The first-order valence-corrected chi connectivity index (χ1v) is 5.94. The summed E-state index contributed by atoms with van der Waals surface area (Å²) >= 11 is 0. The highest BCUT2D eigenvalue weighted by molar-refractivity contribution is 5.71. The van der Waals surface area contributed by atoms with Gasteiger partial charge in [-0.25, -0.2) is 0 Å². The molecule has 1 saturated carbocycles. The van der Waals surface area contributed by atoms with Gasteiger partial charge in [-0.1, -0.05) is 33.1 Å². The third-order valence-electron chi connectivity index (χ3n) is 3.53. The lowest BCUT2D eigenvalue weighted by molar-refractivity contribution is -0.156. The minimum atomic E-state index is -0.959. The Morgan fingerprint density at radius 2 is 2.27 bits per heavy atom. The monoisotopic (exact) mass is 214 g/mol. The molecule has 0 aliphatic heterocycles. The third-order valence-corrected chi connectivity index (χ3v) is 3.53. The summed E-state index contributed by atoms with van der Waals surface area (Å²) in [6.45, 7) is 4.06. The predicted molar refractivity (Wildman–Crippen MR) is 58.6 cm³/mol. The van der Waals surface area contributed by atoms with Crippen LogP contribution in [-0.4, -0.2) is 21.8 Å². The van der Waals surface area contributed by atoms with E-state index in [2.05, 4.69) is 6.92 Å². The van der Waals surface area contributed by atoms with Gasteiger partial charge >= 0.3 is 5.97 Å². The summed E-state index contributed by atoms with van der Waals surface area (Å²) in [6, 6.07) is 0. The molecule has 0 aromatic heterocycles. The molecule has 0 radical (unpaired) electrons. The van der Waals surface area contributed by atoms with Crippen molar-refractivity contribution in [3.63, 3.8) is 0 Å². The predicted octanol–water partition coefficient (Wildman–Crippen LogP) is 2.43. The summed E-state index contributed by atoms with van der Waals surface area (Å²) in [7, 11) is 0. The molecule has 1 aliphatic carbocycles. The molecule has 0 aromatic carbocycles. The van der Waals surface area contributed by atoms with Gasteiger partial charge in [0.25, 0.3) is 0 Å². The number of carboxylic acids is 1. The molecule has 3 nitrogen and oxygen atoms in total. The zero-order chi connectivity index (χ0) is 11.5. The van der Waals surface area contributed by atoms with Crippen LogP contribution < -0.4 is 0 Å². The molecule has 3 unspecified atom stereocenters. The smallest absolute Gasteiger partial charge is 0.309 e. The number of carbonyl (C=O) groups is 1. The fourth-order valence-corrected chi connectivity index (χ4v) is 2.79. The molecule has 2 N–H and O–H groups in total. The maximum absolute atomic E-state index is 11.1. The zero-order valence-electron chi connectivity index (χ0n) is 9.70. The van der Waals surface area contributed by atoms with Crippen molar-refractivity contribution in [2.24, 2.45) is 11.8 Å². The van der Waals surface area contributed by atoms with Gasteiger partial charge in [0.15, 0.2) is 0 Å². The molecule has 3 atom stereocenters. The second-order valence-corrected chi connectivity index (χ2v) is 4.98. The van der Waals surface area contributed by atoms with Crippen LogP contribution in [0.2, 0.25) is 0 Å². The highest BCUT2D eigenvalue weighted by Crippen LogP contribution is 2.39. The first-order chi connectivity index (χ1) is 6.99. The fraction of sp³-hybridized carbons (Fsp3) is 0.917. The molecule has 0 amide bonds. The molecule has 0 spiro atoms. The standard InChI is InChI=1S/C12H22O3/c1-3-5-10(11(13)14)12(15)7-4-6-9(2)8-12/h9-10,15H,3-8H2,1-2H3,(H,13,14). The van der Waals surface area contributed by atoms with E-state index < -0.39 is 17.5 Å². The largest absolute Gasteiger partial charge is 0.481 e. The highest BCUT2D eigenvalue weighted by atomic mass is 16.4. The van der Waals surface area contributed by atoms with E-state index in [-0.39, 0.29) is 0 Å². The van der Waals surface area contributed by atoms with Gasteiger partial charge < -0.3 is 10.2 Å². The van der Waals surface area contributed by atoms with Crippen molar-refractivity contribution < 1.29 is 15.0 Å². The minimum Gasteiger partial charge on any atom is -0.481 e. The summed E-state index contributed by atoms with van der Waals surface area (Å²) < 4.78 is 0. The maximum atomic E-state index is 11.1.